The standard InChI is InChI=1S/C12H14N4O3/c1-3-19-12(17)11-14-10(15-16-11)8-5-4-7(18-2)6-9(8)13/h4-6H,3,13H2,1-2H3,(H,14,15,16). The van der Waals surface area contributed by atoms with Gasteiger partial charge < -0.3 is 15.2 Å². The van der Waals surface area contributed by atoms with Gasteiger partial charge >= 0.3 is 5.97 Å². The number of aromatic nitrogens is 3. The highest BCUT2D eigenvalue weighted by Gasteiger charge is 2.15. The Balaban J connectivity index is 2.30. The van der Waals surface area contributed by atoms with Crippen LogP contribution in [0.5, 0.6) is 5.75 Å². The van der Waals surface area contributed by atoms with Crippen molar-refractivity contribution >= 4 is 11.7 Å². The first-order chi connectivity index (χ1) is 9.15. The predicted octanol–water partition coefficient (Wildman–Crippen LogP) is 1.24. The van der Waals surface area contributed by atoms with Crippen LogP contribution in [-0.4, -0.2) is 34.9 Å². The number of aromatic amines is 1. The summed E-state index contributed by atoms with van der Waals surface area (Å²) in [7, 11) is 1.56. The van der Waals surface area contributed by atoms with Crippen LogP contribution in [0, 0.1) is 0 Å². The molecule has 0 saturated carbocycles. The molecule has 0 aliphatic heterocycles. The second-order valence-corrected chi connectivity index (χ2v) is 3.68. The van der Waals surface area contributed by atoms with Gasteiger partial charge in [0.15, 0.2) is 5.82 Å². The Kier molecular flexibility index (Phi) is 3.65. The third-order valence-electron chi connectivity index (χ3n) is 2.45. The molecule has 0 fully saturated rings. The van der Waals surface area contributed by atoms with Crippen LogP contribution in [0.15, 0.2) is 18.2 Å². The van der Waals surface area contributed by atoms with Crippen molar-refractivity contribution in [2.75, 3.05) is 19.5 Å². The lowest BCUT2D eigenvalue weighted by Crippen LogP contribution is -2.06. The van der Waals surface area contributed by atoms with Crippen LogP contribution < -0.4 is 10.5 Å². The molecular formula is C12H14N4O3. The lowest BCUT2D eigenvalue weighted by atomic mass is 10.1. The van der Waals surface area contributed by atoms with Crippen molar-refractivity contribution < 1.29 is 14.3 Å². The molecule has 1 aromatic heterocycles. The number of nitrogens with one attached hydrogen (secondary N) is 1. The Morgan fingerprint density at radius 2 is 2.26 bits per heavy atom. The summed E-state index contributed by atoms with van der Waals surface area (Å²) in [4.78, 5) is 15.5. The van der Waals surface area contributed by atoms with Gasteiger partial charge in [-0.2, -0.15) is 5.10 Å². The van der Waals surface area contributed by atoms with Crippen molar-refractivity contribution in [1.82, 2.24) is 15.2 Å². The Bertz CT molecular complexity index is 594. The minimum absolute atomic E-state index is 0.0482. The molecule has 2 rings (SSSR count). The first-order valence-corrected chi connectivity index (χ1v) is 5.69. The minimum atomic E-state index is -0.548. The summed E-state index contributed by atoms with van der Waals surface area (Å²) in [5.41, 5.74) is 6.97. The maximum atomic E-state index is 11.5. The van der Waals surface area contributed by atoms with Crippen LogP contribution in [0.3, 0.4) is 0 Å². The maximum absolute atomic E-state index is 11.5. The van der Waals surface area contributed by atoms with Crippen molar-refractivity contribution in [2.45, 2.75) is 6.92 Å². The number of hydrogen-bond acceptors (Lipinski definition) is 6. The molecule has 0 bridgehead atoms. The smallest absolute Gasteiger partial charge is 0.375 e. The van der Waals surface area contributed by atoms with E-state index in [1.54, 1.807) is 32.2 Å². The van der Waals surface area contributed by atoms with Crippen LogP contribution >= 0.6 is 0 Å². The van der Waals surface area contributed by atoms with Crippen LogP contribution in [-0.2, 0) is 4.74 Å². The zero-order valence-corrected chi connectivity index (χ0v) is 10.6. The summed E-state index contributed by atoms with van der Waals surface area (Å²) < 4.78 is 9.88. The number of benzene rings is 1. The molecule has 0 aliphatic carbocycles. The summed E-state index contributed by atoms with van der Waals surface area (Å²) >= 11 is 0. The van der Waals surface area contributed by atoms with Crippen LogP contribution in [0.4, 0.5) is 5.69 Å². The molecule has 7 heteroatoms. The number of ether oxygens (including phenoxy) is 2. The molecule has 3 N–H and O–H groups in total. The van der Waals surface area contributed by atoms with E-state index in [0.29, 0.717) is 22.8 Å². The number of carbonyl (C=O) groups excluding carboxylic acids is 1. The second kappa shape index (κ2) is 5.38. The molecular weight excluding hydrogens is 248 g/mol. The summed E-state index contributed by atoms with van der Waals surface area (Å²) in [6.45, 7) is 2.00. The molecule has 1 aromatic carbocycles. The number of methoxy groups -OCH3 is 1. The average Bonchev–Trinajstić information content (AvgIpc) is 2.88. The first-order valence-electron chi connectivity index (χ1n) is 5.69. The first kappa shape index (κ1) is 12.9. The van der Waals surface area contributed by atoms with Gasteiger partial charge in [0.05, 0.1) is 13.7 Å². The van der Waals surface area contributed by atoms with E-state index in [1.165, 1.54) is 0 Å². The van der Waals surface area contributed by atoms with E-state index in [-0.39, 0.29) is 12.4 Å². The molecule has 0 amide bonds. The number of esters is 1. The number of nitrogens with zero attached hydrogens (tertiary/aromatic N) is 2. The van der Waals surface area contributed by atoms with Gasteiger partial charge in [-0.25, -0.2) is 9.78 Å². The summed E-state index contributed by atoms with van der Waals surface area (Å²) in [6.07, 6.45) is 0. The fourth-order valence-electron chi connectivity index (χ4n) is 1.54. The van der Waals surface area contributed by atoms with Gasteiger partial charge in [0.25, 0.3) is 0 Å². The number of rotatable bonds is 4. The van der Waals surface area contributed by atoms with Crippen molar-refractivity contribution in [3.05, 3.63) is 24.0 Å². The van der Waals surface area contributed by atoms with Gasteiger partial charge in [-0.15, -0.1) is 0 Å². The zero-order valence-electron chi connectivity index (χ0n) is 10.6. The molecule has 0 atom stereocenters. The third-order valence-corrected chi connectivity index (χ3v) is 2.45. The molecule has 1 heterocycles. The Hall–Kier alpha value is -2.57. The van der Waals surface area contributed by atoms with Crippen LogP contribution in [0.1, 0.15) is 17.5 Å². The fourth-order valence-corrected chi connectivity index (χ4v) is 1.54. The molecule has 0 spiro atoms. The van der Waals surface area contributed by atoms with Crippen LogP contribution in [0.2, 0.25) is 0 Å². The topological polar surface area (TPSA) is 103 Å². The van der Waals surface area contributed by atoms with E-state index in [2.05, 4.69) is 15.2 Å². The zero-order chi connectivity index (χ0) is 13.8. The number of carbonyl (C=O) groups is 1. The van der Waals surface area contributed by atoms with Gasteiger partial charge in [-0.1, -0.05) is 0 Å². The fraction of sp³-hybridized carbons (Fsp3) is 0.250. The molecule has 2 aromatic rings. The number of H-pyrrole nitrogens is 1. The number of hydrogen-bond donors (Lipinski definition) is 2. The predicted molar refractivity (Wildman–Crippen MR) is 68.7 cm³/mol. The highest BCUT2D eigenvalue weighted by atomic mass is 16.5. The molecule has 0 aliphatic rings. The maximum Gasteiger partial charge on any atom is 0.375 e. The third kappa shape index (κ3) is 2.65. The van der Waals surface area contributed by atoms with E-state index < -0.39 is 5.97 Å². The van der Waals surface area contributed by atoms with Crippen molar-refractivity contribution in [3.8, 4) is 17.1 Å². The largest absolute Gasteiger partial charge is 0.497 e. The van der Waals surface area contributed by atoms with Gasteiger partial charge in [0.2, 0.25) is 5.82 Å². The van der Waals surface area contributed by atoms with Crippen molar-refractivity contribution in [2.24, 2.45) is 0 Å². The van der Waals surface area contributed by atoms with Crippen LogP contribution in [0.25, 0.3) is 11.4 Å². The molecule has 100 valence electrons. The van der Waals surface area contributed by atoms with E-state index in [4.69, 9.17) is 15.2 Å². The SMILES string of the molecule is CCOC(=O)c1nc(-c2ccc(OC)cc2N)n[nH]1. The summed E-state index contributed by atoms with van der Waals surface area (Å²) in [5.74, 6) is 0.478. The molecule has 0 unspecified atom stereocenters. The second-order valence-electron chi connectivity index (χ2n) is 3.68. The number of anilines is 1. The van der Waals surface area contributed by atoms with E-state index in [0.717, 1.165) is 0 Å². The minimum Gasteiger partial charge on any atom is -0.497 e. The van der Waals surface area contributed by atoms with Gasteiger partial charge in [-0.3, -0.25) is 5.10 Å². The number of nitrogens with two attached hydrogens (primary N) is 1. The Morgan fingerprint density at radius 1 is 1.47 bits per heavy atom. The molecule has 0 radical (unpaired) electrons. The molecule has 19 heavy (non-hydrogen) atoms. The number of nitrogen functional groups attached to an aromatic ring is 1. The molecule has 0 saturated heterocycles. The van der Waals surface area contributed by atoms with Gasteiger partial charge in [0.1, 0.15) is 5.75 Å². The van der Waals surface area contributed by atoms with E-state index in [9.17, 15) is 4.79 Å². The lowest BCUT2D eigenvalue weighted by Gasteiger charge is -2.04. The summed E-state index contributed by atoms with van der Waals surface area (Å²) in [6, 6.07) is 5.13. The highest BCUT2D eigenvalue weighted by molar-refractivity contribution is 5.86. The van der Waals surface area contributed by atoms with Gasteiger partial charge in [0, 0.05) is 17.3 Å². The summed E-state index contributed by atoms with van der Waals surface area (Å²) in [5, 5.41) is 6.47. The average molecular weight is 262 g/mol. The normalized spacial score (nSPS) is 10.2. The quantitative estimate of drug-likeness (QED) is 0.634. The van der Waals surface area contributed by atoms with E-state index in [1.807, 2.05) is 0 Å². The van der Waals surface area contributed by atoms with E-state index >= 15 is 0 Å². The Morgan fingerprint density at radius 3 is 2.89 bits per heavy atom. The van der Waals surface area contributed by atoms with Crippen molar-refractivity contribution in [3.63, 3.8) is 0 Å². The highest BCUT2D eigenvalue weighted by Crippen LogP contribution is 2.26. The van der Waals surface area contributed by atoms with Gasteiger partial charge in [-0.05, 0) is 19.1 Å². The monoisotopic (exact) mass is 262 g/mol. The lowest BCUT2D eigenvalue weighted by molar-refractivity contribution is 0.0512. The van der Waals surface area contributed by atoms with Crippen molar-refractivity contribution in [1.29, 1.82) is 0 Å². The molecule has 7 nitrogen and oxygen atoms in total. The Labute approximate surface area is 109 Å².